The number of nitrogens with zero attached hydrogens (tertiary/aromatic N) is 1. The Morgan fingerprint density at radius 2 is 1.86 bits per heavy atom. The number of carbonyl (C=O) groups excluding carboxylic acids is 1. The lowest BCUT2D eigenvalue weighted by Gasteiger charge is -2.06. The summed E-state index contributed by atoms with van der Waals surface area (Å²) in [4.78, 5) is 22.7. The van der Waals surface area contributed by atoms with Gasteiger partial charge < -0.3 is 10.4 Å². The molecule has 0 aliphatic heterocycles. The summed E-state index contributed by atoms with van der Waals surface area (Å²) in [6, 6.07) is 12.6. The first-order chi connectivity index (χ1) is 10.1. The van der Waals surface area contributed by atoms with Crippen LogP contribution in [-0.4, -0.2) is 21.7 Å². The molecule has 1 amide bonds. The minimum atomic E-state index is -0.550. The van der Waals surface area contributed by atoms with E-state index in [1.165, 1.54) is 24.3 Å². The monoisotopic (exact) mass is 304 g/mol. The second-order valence-electron chi connectivity index (χ2n) is 4.08. The van der Waals surface area contributed by atoms with E-state index in [0.29, 0.717) is 4.90 Å². The Morgan fingerprint density at radius 1 is 1.19 bits per heavy atom. The maximum Gasteiger partial charge on any atom is 0.292 e. The molecule has 0 spiro atoms. The quantitative estimate of drug-likeness (QED) is 0.503. The highest BCUT2D eigenvalue weighted by Crippen LogP contribution is 2.28. The van der Waals surface area contributed by atoms with Crippen LogP contribution in [0.1, 0.15) is 0 Å². The predicted octanol–water partition coefficient (Wildman–Crippen LogP) is 3.03. The summed E-state index contributed by atoms with van der Waals surface area (Å²) in [5, 5.41) is 22.9. The molecule has 0 aliphatic rings. The maximum atomic E-state index is 11.8. The van der Waals surface area contributed by atoms with E-state index in [0.717, 1.165) is 11.8 Å². The number of thioether (sulfide) groups is 1. The third-order valence-electron chi connectivity index (χ3n) is 2.60. The van der Waals surface area contributed by atoms with Crippen LogP contribution in [0, 0.1) is 10.1 Å². The van der Waals surface area contributed by atoms with Crippen molar-refractivity contribution in [3.05, 3.63) is 58.6 Å². The van der Waals surface area contributed by atoms with Gasteiger partial charge in [-0.2, -0.15) is 0 Å². The van der Waals surface area contributed by atoms with E-state index in [9.17, 15) is 20.0 Å². The number of nitro benzene ring substituents is 1. The van der Waals surface area contributed by atoms with Crippen LogP contribution in [0.2, 0.25) is 0 Å². The summed E-state index contributed by atoms with van der Waals surface area (Å²) in [7, 11) is 0. The van der Waals surface area contributed by atoms with E-state index in [1.54, 1.807) is 24.3 Å². The fourth-order valence-corrected chi connectivity index (χ4v) is 2.40. The molecule has 0 bridgehead atoms. The Balaban J connectivity index is 2.00. The molecule has 6 nitrogen and oxygen atoms in total. The molecule has 2 rings (SSSR count). The minimum Gasteiger partial charge on any atom is -0.507 e. The number of hydrogen-bond donors (Lipinski definition) is 2. The van der Waals surface area contributed by atoms with Gasteiger partial charge in [-0.05, 0) is 18.2 Å². The van der Waals surface area contributed by atoms with Crippen molar-refractivity contribution in [1.82, 2.24) is 0 Å². The number of phenolic OH excluding ortho intramolecular Hbond substituents is 1. The van der Waals surface area contributed by atoms with Gasteiger partial charge in [0.05, 0.1) is 10.7 Å². The number of carbonyl (C=O) groups is 1. The molecule has 108 valence electrons. The van der Waals surface area contributed by atoms with Crippen molar-refractivity contribution in [2.75, 3.05) is 11.1 Å². The summed E-state index contributed by atoms with van der Waals surface area (Å²) in [6.07, 6.45) is 0. The number of hydrogen-bond acceptors (Lipinski definition) is 5. The van der Waals surface area contributed by atoms with Crippen molar-refractivity contribution < 1.29 is 14.8 Å². The number of rotatable bonds is 5. The third kappa shape index (κ3) is 3.96. The van der Waals surface area contributed by atoms with Gasteiger partial charge >= 0.3 is 0 Å². The fourth-order valence-electron chi connectivity index (χ4n) is 1.65. The van der Waals surface area contributed by atoms with Gasteiger partial charge in [-0.25, -0.2) is 0 Å². The molecular weight excluding hydrogens is 292 g/mol. The van der Waals surface area contributed by atoms with E-state index in [4.69, 9.17) is 0 Å². The summed E-state index contributed by atoms with van der Waals surface area (Å²) in [5.74, 6) is -0.234. The van der Waals surface area contributed by atoms with Gasteiger partial charge in [0.15, 0.2) is 0 Å². The van der Waals surface area contributed by atoms with Crippen molar-refractivity contribution in [3.8, 4) is 5.75 Å². The normalized spacial score (nSPS) is 10.1. The van der Waals surface area contributed by atoms with Crippen molar-refractivity contribution in [2.45, 2.75) is 4.90 Å². The lowest BCUT2D eigenvalue weighted by atomic mass is 10.2. The van der Waals surface area contributed by atoms with Crippen molar-refractivity contribution in [2.24, 2.45) is 0 Å². The van der Waals surface area contributed by atoms with Crippen LogP contribution in [0.4, 0.5) is 11.4 Å². The van der Waals surface area contributed by atoms with Gasteiger partial charge in [0.1, 0.15) is 11.4 Å². The average molecular weight is 304 g/mol. The zero-order valence-electron chi connectivity index (χ0n) is 10.9. The van der Waals surface area contributed by atoms with Gasteiger partial charge in [0, 0.05) is 11.0 Å². The van der Waals surface area contributed by atoms with Crippen LogP contribution in [0.25, 0.3) is 0 Å². The molecule has 2 N–H and O–H groups in total. The molecule has 0 heterocycles. The molecule has 0 aromatic heterocycles. The molecule has 0 atom stereocenters. The van der Waals surface area contributed by atoms with Crippen LogP contribution in [0.5, 0.6) is 5.75 Å². The number of phenols is 1. The summed E-state index contributed by atoms with van der Waals surface area (Å²) >= 11 is 1.16. The Morgan fingerprint density at radius 3 is 2.57 bits per heavy atom. The molecule has 21 heavy (non-hydrogen) atoms. The molecule has 0 aliphatic carbocycles. The summed E-state index contributed by atoms with van der Waals surface area (Å²) < 4.78 is 0. The van der Waals surface area contributed by atoms with Crippen LogP contribution in [-0.2, 0) is 4.79 Å². The van der Waals surface area contributed by atoms with Gasteiger partial charge in [-0.15, -0.1) is 11.8 Å². The van der Waals surface area contributed by atoms with Crippen LogP contribution in [0.15, 0.2) is 53.4 Å². The Bertz CT molecular complexity index is 676. The van der Waals surface area contributed by atoms with E-state index >= 15 is 0 Å². The second-order valence-corrected chi connectivity index (χ2v) is 5.10. The Kier molecular flexibility index (Phi) is 4.78. The van der Waals surface area contributed by atoms with Crippen molar-refractivity contribution in [3.63, 3.8) is 0 Å². The Hall–Kier alpha value is -2.54. The van der Waals surface area contributed by atoms with E-state index in [1.807, 2.05) is 0 Å². The first-order valence-corrected chi connectivity index (χ1v) is 7.00. The highest BCUT2D eigenvalue weighted by Gasteiger charge is 2.15. The minimum absolute atomic E-state index is 0.0453. The zero-order valence-corrected chi connectivity index (χ0v) is 11.7. The number of amides is 1. The molecule has 0 fully saturated rings. The fraction of sp³-hybridized carbons (Fsp3) is 0.0714. The number of nitrogens with one attached hydrogen (secondary N) is 1. The molecule has 2 aromatic rings. The SMILES string of the molecule is O=C(CSc1ccccc1O)Nc1ccccc1[N+](=O)[O-]. The number of aromatic hydroxyl groups is 1. The van der Waals surface area contributed by atoms with Crippen LogP contribution >= 0.6 is 11.8 Å². The van der Waals surface area contributed by atoms with Crippen LogP contribution < -0.4 is 5.32 Å². The average Bonchev–Trinajstić information content (AvgIpc) is 2.47. The summed E-state index contributed by atoms with van der Waals surface area (Å²) in [5.41, 5.74) is 0.00351. The maximum absolute atomic E-state index is 11.8. The lowest BCUT2D eigenvalue weighted by Crippen LogP contribution is -2.15. The third-order valence-corrected chi connectivity index (χ3v) is 3.66. The molecule has 2 aromatic carbocycles. The Labute approximate surface area is 125 Å². The molecule has 0 saturated carbocycles. The molecule has 7 heteroatoms. The first-order valence-electron chi connectivity index (χ1n) is 6.02. The standard InChI is InChI=1S/C14H12N2O4S/c17-12-7-3-4-8-13(12)21-9-14(18)15-10-5-1-2-6-11(10)16(19)20/h1-8,17H,9H2,(H,15,18). The highest BCUT2D eigenvalue weighted by atomic mass is 32.2. The van der Waals surface area contributed by atoms with E-state index in [-0.39, 0.29) is 28.8 Å². The number of nitro groups is 1. The van der Waals surface area contributed by atoms with Gasteiger partial charge in [0.2, 0.25) is 5.91 Å². The highest BCUT2D eigenvalue weighted by molar-refractivity contribution is 8.00. The smallest absolute Gasteiger partial charge is 0.292 e. The number of para-hydroxylation sites is 3. The largest absolute Gasteiger partial charge is 0.507 e. The molecule has 0 radical (unpaired) electrons. The summed E-state index contributed by atoms with van der Waals surface area (Å²) in [6.45, 7) is 0. The predicted molar refractivity (Wildman–Crippen MR) is 80.6 cm³/mol. The molecule has 0 unspecified atom stereocenters. The molecule has 0 saturated heterocycles. The second kappa shape index (κ2) is 6.76. The lowest BCUT2D eigenvalue weighted by molar-refractivity contribution is -0.383. The van der Waals surface area contributed by atoms with Gasteiger partial charge in [0.25, 0.3) is 5.69 Å². The van der Waals surface area contributed by atoms with Gasteiger partial charge in [-0.1, -0.05) is 24.3 Å². The zero-order chi connectivity index (χ0) is 15.2. The number of benzene rings is 2. The topological polar surface area (TPSA) is 92.5 Å². The van der Waals surface area contributed by atoms with E-state index in [2.05, 4.69) is 5.32 Å². The number of anilines is 1. The first kappa shape index (κ1) is 14.9. The van der Waals surface area contributed by atoms with Crippen molar-refractivity contribution in [1.29, 1.82) is 0 Å². The molecular formula is C14H12N2O4S. The van der Waals surface area contributed by atoms with Crippen LogP contribution in [0.3, 0.4) is 0 Å². The van der Waals surface area contributed by atoms with E-state index < -0.39 is 4.92 Å². The van der Waals surface area contributed by atoms with Gasteiger partial charge in [-0.3, -0.25) is 14.9 Å². The van der Waals surface area contributed by atoms with Crippen molar-refractivity contribution >= 4 is 29.0 Å².